The monoisotopic (exact) mass is 261 g/mol. The van der Waals surface area contributed by atoms with Crippen LogP contribution in [0.4, 0.5) is 4.39 Å². The lowest BCUT2D eigenvalue weighted by molar-refractivity contribution is 0.254. The van der Waals surface area contributed by atoms with E-state index < -0.39 is 21.9 Å². The molecule has 0 saturated heterocycles. The van der Waals surface area contributed by atoms with Gasteiger partial charge in [0.05, 0.1) is 11.5 Å². The van der Waals surface area contributed by atoms with Gasteiger partial charge in [0, 0.05) is 6.04 Å². The van der Waals surface area contributed by atoms with E-state index in [0.29, 0.717) is 12.0 Å². The molecule has 0 aromatic heterocycles. The zero-order valence-corrected chi connectivity index (χ0v) is 10.6. The molecular weight excluding hydrogens is 245 g/mol. The summed E-state index contributed by atoms with van der Waals surface area (Å²) in [4.78, 5) is -0.0931. The molecule has 0 amide bonds. The summed E-state index contributed by atoms with van der Waals surface area (Å²) in [6.07, 6.45) is 0.462. The maximum absolute atomic E-state index is 13.0. The van der Waals surface area contributed by atoms with Crippen LogP contribution >= 0.6 is 0 Å². The molecule has 96 valence electrons. The van der Waals surface area contributed by atoms with Crippen LogP contribution in [0.5, 0.6) is 0 Å². The first-order valence-corrected chi connectivity index (χ1v) is 6.78. The summed E-state index contributed by atoms with van der Waals surface area (Å²) in [6.45, 7) is 3.06. The van der Waals surface area contributed by atoms with Crippen LogP contribution in [0.15, 0.2) is 23.1 Å². The van der Waals surface area contributed by atoms with Crippen LogP contribution in [0, 0.1) is 12.7 Å². The Morgan fingerprint density at radius 1 is 1.47 bits per heavy atom. The Kier molecular flexibility index (Phi) is 4.62. The standard InChI is InChI=1S/C11H16FNO3S/c1-3-10(7-14)13-17(15,16)11-6-9(12)5-4-8(11)2/h4-6,10,13-14H,3,7H2,1-2H3. The molecule has 6 heteroatoms. The van der Waals surface area contributed by atoms with Crippen molar-refractivity contribution in [2.45, 2.75) is 31.2 Å². The van der Waals surface area contributed by atoms with Crippen LogP contribution in [0.3, 0.4) is 0 Å². The summed E-state index contributed by atoms with van der Waals surface area (Å²) in [7, 11) is -3.79. The van der Waals surface area contributed by atoms with Gasteiger partial charge in [-0.3, -0.25) is 0 Å². The number of aryl methyl sites for hydroxylation is 1. The van der Waals surface area contributed by atoms with Gasteiger partial charge in [-0.15, -0.1) is 0 Å². The first kappa shape index (κ1) is 14.1. The highest BCUT2D eigenvalue weighted by atomic mass is 32.2. The number of sulfonamides is 1. The van der Waals surface area contributed by atoms with Crippen LogP contribution in [-0.2, 0) is 10.0 Å². The minimum atomic E-state index is -3.79. The van der Waals surface area contributed by atoms with E-state index in [0.717, 1.165) is 6.07 Å². The van der Waals surface area contributed by atoms with Crippen molar-refractivity contribution in [1.29, 1.82) is 0 Å². The number of hydrogen-bond donors (Lipinski definition) is 2. The second-order valence-corrected chi connectivity index (χ2v) is 5.50. The topological polar surface area (TPSA) is 66.4 Å². The quantitative estimate of drug-likeness (QED) is 0.836. The van der Waals surface area contributed by atoms with Crippen molar-refractivity contribution in [2.24, 2.45) is 0 Å². The average Bonchev–Trinajstić information content (AvgIpc) is 2.29. The Bertz CT molecular complexity index is 483. The lowest BCUT2D eigenvalue weighted by Crippen LogP contribution is -2.37. The van der Waals surface area contributed by atoms with Crippen LogP contribution in [0.25, 0.3) is 0 Å². The number of aliphatic hydroxyl groups is 1. The van der Waals surface area contributed by atoms with Gasteiger partial charge in [-0.05, 0) is 31.0 Å². The van der Waals surface area contributed by atoms with Gasteiger partial charge in [0.25, 0.3) is 0 Å². The Balaban J connectivity index is 3.09. The average molecular weight is 261 g/mol. The fourth-order valence-electron chi connectivity index (χ4n) is 1.40. The molecular formula is C11H16FNO3S. The third-order valence-electron chi connectivity index (χ3n) is 2.47. The maximum atomic E-state index is 13.0. The molecule has 0 aliphatic heterocycles. The van der Waals surface area contributed by atoms with Crippen molar-refractivity contribution >= 4 is 10.0 Å². The fraction of sp³-hybridized carbons (Fsp3) is 0.455. The molecule has 0 fully saturated rings. The summed E-state index contributed by atoms with van der Waals surface area (Å²) >= 11 is 0. The van der Waals surface area contributed by atoms with E-state index in [2.05, 4.69) is 4.72 Å². The summed E-state index contributed by atoms with van der Waals surface area (Å²) in [5.41, 5.74) is 0.465. The Morgan fingerprint density at radius 2 is 2.12 bits per heavy atom. The van der Waals surface area contributed by atoms with Crippen molar-refractivity contribution in [3.63, 3.8) is 0 Å². The molecule has 1 atom stereocenters. The molecule has 0 aliphatic rings. The molecule has 0 aliphatic carbocycles. The zero-order chi connectivity index (χ0) is 13.1. The molecule has 17 heavy (non-hydrogen) atoms. The van der Waals surface area contributed by atoms with Crippen LogP contribution < -0.4 is 4.72 Å². The summed E-state index contributed by atoms with van der Waals surface area (Å²) in [5.74, 6) is -0.604. The van der Waals surface area contributed by atoms with E-state index in [9.17, 15) is 12.8 Å². The minimum Gasteiger partial charge on any atom is -0.395 e. The van der Waals surface area contributed by atoms with Gasteiger partial charge < -0.3 is 5.11 Å². The molecule has 1 aromatic carbocycles. The van der Waals surface area contributed by atoms with Gasteiger partial charge in [-0.1, -0.05) is 13.0 Å². The first-order valence-electron chi connectivity index (χ1n) is 5.30. The van der Waals surface area contributed by atoms with Gasteiger partial charge in [0.15, 0.2) is 0 Å². The van der Waals surface area contributed by atoms with E-state index in [1.807, 2.05) is 0 Å². The third kappa shape index (κ3) is 3.49. The van der Waals surface area contributed by atoms with Crippen molar-refractivity contribution in [3.05, 3.63) is 29.6 Å². The van der Waals surface area contributed by atoms with E-state index >= 15 is 0 Å². The van der Waals surface area contributed by atoms with Gasteiger partial charge in [-0.25, -0.2) is 17.5 Å². The van der Waals surface area contributed by atoms with E-state index in [1.165, 1.54) is 12.1 Å². The van der Waals surface area contributed by atoms with Gasteiger partial charge in [-0.2, -0.15) is 0 Å². The highest BCUT2D eigenvalue weighted by Gasteiger charge is 2.20. The molecule has 0 radical (unpaired) electrons. The molecule has 1 aromatic rings. The number of rotatable bonds is 5. The van der Waals surface area contributed by atoms with Gasteiger partial charge in [0.2, 0.25) is 10.0 Å². The Morgan fingerprint density at radius 3 is 2.65 bits per heavy atom. The first-order chi connectivity index (χ1) is 7.90. The van der Waals surface area contributed by atoms with Crippen molar-refractivity contribution in [2.75, 3.05) is 6.61 Å². The van der Waals surface area contributed by atoms with Gasteiger partial charge in [0.1, 0.15) is 5.82 Å². The SMILES string of the molecule is CCC(CO)NS(=O)(=O)c1cc(F)ccc1C. The highest BCUT2D eigenvalue weighted by Crippen LogP contribution is 2.16. The van der Waals surface area contributed by atoms with E-state index in [1.54, 1.807) is 13.8 Å². The molecule has 2 N–H and O–H groups in total. The lowest BCUT2D eigenvalue weighted by Gasteiger charge is -2.15. The molecule has 1 rings (SSSR count). The van der Waals surface area contributed by atoms with Crippen LogP contribution in [0.2, 0.25) is 0 Å². The van der Waals surface area contributed by atoms with Crippen molar-refractivity contribution in [3.8, 4) is 0 Å². The molecule has 0 saturated carbocycles. The number of nitrogens with one attached hydrogen (secondary N) is 1. The highest BCUT2D eigenvalue weighted by molar-refractivity contribution is 7.89. The van der Waals surface area contributed by atoms with Crippen LogP contribution in [-0.4, -0.2) is 26.2 Å². The Labute approximate surface area is 101 Å². The smallest absolute Gasteiger partial charge is 0.241 e. The zero-order valence-electron chi connectivity index (χ0n) is 9.77. The normalized spacial score (nSPS) is 13.6. The third-order valence-corrected chi connectivity index (χ3v) is 4.14. The molecule has 0 bridgehead atoms. The van der Waals surface area contributed by atoms with Crippen LogP contribution in [0.1, 0.15) is 18.9 Å². The predicted molar refractivity (Wildman–Crippen MR) is 62.6 cm³/mol. The van der Waals surface area contributed by atoms with Gasteiger partial charge >= 0.3 is 0 Å². The molecule has 0 spiro atoms. The largest absolute Gasteiger partial charge is 0.395 e. The number of aliphatic hydroxyl groups excluding tert-OH is 1. The molecule has 1 unspecified atom stereocenters. The second-order valence-electron chi connectivity index (χ2n) is 3.82. The fourth-order valence-corrected chi connectivity index (χ4v) is 2.96. The lowest BCUT2D eigenvalue weighted by atomic mass is 10.2. The van der Waals surface area contributed by atoms with E-state index in [4.69, 9.17) is 5.11 Å². The van der Waals surface area contributed by atoms with Crippen molar-refractivity contribution in [1.82, 2.24) is 4.72 Å². The molecule has 4 nitrogen and oxygen atoms in total. The summed E-state index contributed by atoms with van der Waals surface area (Å²) in [5, 5.41) is 8.96. The number of halogens is 1. The van der Waals surface area contributed by atoms with Crippen molar-refractivity contribution < 1.29 is 17.9 Å². The minimum absolute atomic E-state index is 0.0931. The second kappa shape index (κ2) is 5.57. The number of benzene rings is 1. The molecule has 0 heterocycles. The van der Waals surface area contributed by atoms with E-state index in [-0.39, 0.29) is 11.5 Å². The summed E-state index contributed by atoms with van der Waals surface area (Å²) < 4.78 is 39.3. The Hall–Kier alpha value is -0.980. The number of hydrogen-bond acceptors (Lipinski definition) is 3. The maximum Gasteiger partial charge on any atom is 0.241 e. The summed E-state index contributed by atoms with van der Waals surface area (Å²) in [6, 6.07) is 3.03. The predicted octanol–water partition coefficient (Wildman–Crippen LogP) is 1.18.